The standard InChI is InChI=1S/C26H25Cl2N3O3/c1-16-23(24(32)31(30(16)4)18-8-6-5-7-9-18)29-15-17-10-12-19(13-11-17)34-25(33)22-20(14-21(27)28)26(22,2)3/h5-15,20,22H,1-4H3. The van der Waals surface area contributed by atoms with Crippen LogP contribution in [0.3, 0.4) is 0 Å². The number of hydrogen-bond donors (Lipinski definition) is 0. The summed E-state index contributed by atoms with van der Waals surface area (Å²) in [5, 5.41) is 0. The van der Waals surface area contributed by atoms with Crippen molar-refractivity contribution < 1.29 is 9.53 Å². The number of carbonyl (C=O) groups is 1. The first-order valence-electron chi connectivity index (χ1n) is 10.8. The van der Waals surface area contributed by atoms with E-state index in [1.165, 1.54) is 0 Å². The zero-order valence-corrected chi connectivity index (χ0v) is 20.8. The van der Waals surface area contributed by atoms with Gasteiger partial charge in [-0.1, -0.05) is 55.2 Å². The van der Waals surface area contributed by atoms with Gasteiger partial charge < -0.3 is 4.74 Å². The quantitative estimate of drug-likeness (QED) is 0.248. The maximum absolute atomic E-state index is 13.0. The van der Waals surface area contributed by atoms with Gasteiger partial charge in [-0.15, -0.1) is 0 Å². The van der Waals surface area contributed by atoms with Crippen molar-refractivity contribution in [3.05, 3.63) is 86.8 Å². The fourth-order valence-electron chi connectivity index (χ4n) is 4.22. The topological polar surface area (TPSA) is 65.6 Å². The highest BCUT2D eigenvalue weighted by molar-refractivity contribution is 6.55. The lowest BCUT2D eigenvalue weighted by Crippen LogP contribution is -2.19. The van der Waals surface area contributed by atoms with Crippen LogP contribution in [0.4, 0.5) is 5.69 Å². The molecule has 0 spiro atoms. The van der Waals surface area contributed by atoms with Crippen LogP contribution in [0.5, 0.6) is 5.75 Å². The highest BCUT2D eigenvalue weighted by Gasteiger charge is 2.61. The van der Waals surface area contributed by atoms with Gasteiger partial charge in [0, 0.05) is 13.3 Å². The molecule has 1 heterocycles. The first-order valence-corrected chi connectivity index (χ1v) is 11.6. The summed E-state index contributed by atoms with van der Waals surface area (Å²) in [6.07, 6.45) is 3.31. The molecule has 34 heavy (non-hydrogen) atoms. The maximum Gasteiger partial charge on any atom is 0.315 e. The molecule has 1 fully saturated rings. The van der Waals surface area contributed by atoms with Crippen LogP contribution in [0.25, 0.3) is 5.69 Å². The summed E-state index contributed by atoms with van der Waals surface area (Å²) >= 11 is 11.5. The van der Waals surface area contributed by atoms with Gasteiger partial charge in [0.1, 0.15) is 10.2 Å². The van der Waals surface area contributed by atoms with Crippen LogP contribution in [-0.2, 0) is 11.8 Å². The highest BCUT2D eigenvalue weighted by atomic mass is 35.5. The second kappa shape index (κ2) is 9.28. The zero-order valence-electron chi connectivity index (χ0n) is 19.3. The van der Waals surface area contributed by atoms with E-state index in [1.54, 1.807) is 45.9 Å². The van der Waals surface area contributed by atoms with E-state index in [2.05, 4.69) is 4.99 Å². The molecule has 8 heteroatoms. The summed E-state index contributed by atoms with van der Waals surface area (Å²) in [5.41, 5.74) is 2.23. The van der Waals surface area contributed by atoms with Gasteiger partial charge in [-0.3, -0.25) is 14.3 Å². The molecule has 2 aromatic carbocycles. The number of nitrogens with zero attached hydrogens (tertiary/aromatic N) is 3. The Morgan fingerprint density at radius 3 is 2.35 bits per heavy atom. The molecule has 0 amide bonds. The van der Waals surface area contributed by atoms with Crippen molar-refractivity contribution in [1.82, 2.24) is 9.36 Å². The van der Waals surface area contributed by atoms with Crippen LogP contribution < -0.4 is 10.3 Å². The number of para-hydroxylation sites is 1. The van der Waals surface area contributed by atoms with Crippen LogP contribution in [0.2, 0.25) is 0 Å². The molecule has 0 N–H and O–H groups in total. The third-order valence-corrected chi connectivity index (χ3v) is 6.69. The largest absolute Gasteiger partial charge is 0.426 e. The van der Waals surface area contributed by atoms with Gasteiger partial charge >= 0.3 is 5.97 Å². The minimum absolute atomic E-state index is 0.0505. The van der Waals surface area contributed by atoms with Gasteiger partial charge in [-0.05, 0) is 66.3 Å². The molecule has 1 aromatic heterocycles. The second-order valence-electron chi connectivity index (χ2n) is 8.94. The monoisotopic (exact) mass is 497 g/mol. The van der Waals surface area contributed by atoms with Gasteiger partial charge in [0.2, 0.25) is 0 Å². The Balaban J connectivity index is 1.48. The van der Waals surface area contributed by atoms with Crippen LogP contribution >= 0.6 is 23.2 Å². The lowest BCUT2D eigenvalue weighted by molar-refractivity contribution is -0.136. The molecule has 0 saturated heterocycles. The third-order valence-electron chi connectivity index (χ3n) is 6.44. The summed E-state index contributed by atoms with van der Waals surface area (Å²) in [4.78, 5) is 30.0. The summed E-state index contributed by atoms with van der Waals surface area (Å²) in [6.45, 7) is 5.82. The Bertz CT molecular complexity index is 1330. The molecule has 1 saturated carbocycles. The van der Waals surface area contributed by atoms with Gasteiger partial charge in [-0.25, -0.2) is 9.67 Å². The first kappa shape index (κ1) is 24.0. The summed E-state index contributed by atoms with van der Waals surface area (Å²) < 4.78 is 9.08. The zero-order chi connectivity index (χ0) is 24.6. The Hall–Kier alpha value is -3.09. The van der Waals surface area contributed by atoms with E-state index in [1.807, 2.05) is 58.2 Å². The van der Waals surface area contributed by atoms with E-state index in [0.717, 1.165) is 16.9 Å². The maximum atomic E-state index is 13.0. The van der Waals surface area contributed by atoms with Crippen molar-refractivity contribution in [2.24, 2.45) is 29.3 Å². The van der Waals surface area contributed by atoms with Crippen molar-refractivity contribution in [2.45, 2.75) is 20.8 Å². The van der Waals surface area contributed by atoms with Crippen molar-refractivity contribution in [3.8, 4) is 11.4 Å². The van der Waals surface area contributed by atoms with E-state index in [0.29, 0.717) is 11.4 Å². The molecule has 2 unspecified atom stereocenters. The Morgan fingerprint density at radius 2 is 1.74 bits per heavy atom. The molecule has 176 valence electrons. The molecule has 4 rings (SSSR count). The fourth-order valence-corrected chi connectivity index (χ4v) is 4.49. The lowest BCUT2D eigenvalue weighted by atomic mass is 10.1. The van der Waals surface area contributed by atoms with Crippen LogP contribution in [-0.4, -0.2) is 21.5 Å². The molecule has 0 aliphatic heterocycles. The second-order valence-corrected chi connectivity index (χ2v) is 9.95. The Labute approximate surface area is 208 Å². The number of allylic oxidation sites excluding steroid dienone is 1. The molecule has 6 nitrogen and oxygen atoms in total. The summed E-state index contributed by atoms with van der Waals surface area (Å²) in [7, 11) is 1.83. The van der Waals surface area contributed by atoms with Crippen LogP contribution in [0.1, 0.15) is 25.1 Å². The number of rotatable bonds is 6. The number of hydrogen-bond acceptors (Lipinski definition) is 4. The van der Waals surface area contributed by atoms with Crippen LogP contribution in [0.15, 0.2) is 75.0 Å². The molecule has 1 aliphatic carbocycles. The average molecular weight is 498 g/mol. The predicted octanol–water partition coefficient (Wildman–Crippen LogP) is 5.73. The first-order chi connectivity index (χ1) is 16.1. The number of halogens is 2. The predicted molar refractivity (Wildman–Crippen MR) is 136 cm³/mol. The smallest absolute Gasteiger partial charge is 0.315 e. The van der Waals surface area contributed by atoms with E-state index < -0.39 is 0 Å². The minimum atomic E-state index is -0.316. The molecule has 0 radical (unpaired) electrons. The van der Waals surface area contributed by atoms with Gasteiger partial charge in [0.05, 0.1) is 17.3 Å². The van der Waals surface area contributed by atoms with Crippen molar-refractivity contribution >= 4 is 41.1 Å². The van der Waals surface area contributed by atoms with Gasteiger partial charge in [0.15, 0.2) is 5.69 Å². The number of carbonyl (C=O) groups excluding carboxylic acids is 1. The van der Waals surface area contributed by atoms with Gasteiger partial charge in [0.25, 0.3) is 5.56 Å². The Kier molecular flexibility index (Phi) is 6.56. The Morgan fingerprint density at radius 1 is 1.09 bits per heavy atom. The molecular formula is C26H25Cl2N3O3. The number of aliphatic imine (C=N–C) groups is 1. The van der Waals surface area contributed by atoms with Gasteiger partial charge in [-0.2, -0.15) is 0 Å². The third kappa shape index (κ3) is 4.61. The van der Waals surface area contributed by atoms with E-state index in [9.17, 15) is 9.59 Å². The molecule has 1 aliphatic rings. The van der Waals surface area contributed by atoms with E-state index >= 15 is 0 Å². The molecule has 0 bridgehead atoms. The number of ether oxygens (including phenoxy) is 1. The lowest BCUT2D eigenvalue weighted by Gasteiger charge is -2.07. The fraction of sp³-hybridized carbons (Fsp3) is 0.269. The summed E-state index contributed by atoms with van der Waals surface area (Å²) in [6, 6.07) is 16.4. The highest BCUT2D eigenvalue weighted by Crippen LogP contribution is 2.60. The SMILES string of the molecule is Cc1c(N=Cc2ccc(OC(=O)C3C(C=C(Cl)Cl)C3(C)C)cc2)c(=O)n(-c2ccccc2)n1C. The van der Waals surface area contributed by atoms with Crippen LogP contribution in [0, 0.1) is 24.2 Å². The summed E-state index contributed by atoms with van der Waals surface area (Å²) in [5.74, 6) is -0.227. The van der Waals surface area contributed by atoms with Crippen molar-refractivity contribution in [3.63, 3.8) is 0 Å². The molecule has 3 aromatic rings. The molecular weight excluding hydrogens is 473 g/mol. The number of aromatic nitrogens is 2. The number of esters is 1. The number of benzene rings is 2. The van der Waals surface area contributed by atoms with E-state index in [4.69, 9.17) is 27.9 Å². The van der Waals surface area contributed by atoms with E-state index in [-0.39, 0.29) is 33.3 Å². The minimum Gasteiger partial charge on any atom is -0.426 e. The normalized spacial score (nSPS) is 18.6. The van der Waals surface area contributed by atoms with Crippen molar-refractivity contribution in [1.29, 1.82) is 0 Å². The average Bonchev–Trinajstić information content (AvgIpc) is 3.25. The van der Waals surface area contributed by atoms with Crippen molar-refractivity contribution in [2.75, 3.05) is 0 Å². The molecule has 2 atom stereocenters.